The van der Waals surface area contributed by atoms with E-state index in [9.17, 15) is 9.18 Å². The Balaban J connectivity index is 0.00000208. The number of hydrogen-bond acceptors (Lipinski definition) is 3. The molecule has 1 atom stereocenters. The Labute approximate surface area is 147 Å². The van der Waals surface area contributed by atoms with Crippen molar-refractivity contribution in [2.45, 2.75) is 18.9 Å². The molecular weight excluding hydrogens is 331 g/mol. The first kappa shape index (κ1) is 18.4. The van der Waals surface area contributed by atoms with Crippen molar-refractivity contribution in [2.75, 3.05) is 27.2 Å². The maximum Gasteiger partial charge on any atom is 0.256 e. The van der Waals surface area contributed by atoms with E-state index in [-0.39, 0.29) is 29.8 Å². The minimum atomic E-state index is -0.466. The maximum absolute atomic E-state index is 13.8. The lowest BCUT2D eigenvalue weighted by Gasteiger charge is -2.16. The Bertz CT molecular complexity index is 703. The lowest BCUT2D eigenvalue weighted by Crippen LogP contribution is -2.29. The number of hydrogen-bond donors (Lipinski definition) is 1. The van der Waals surface area contributed by atoms with Crippen LogP contribution in [0.3, 0.4) is 0 Å². The molecular formula is C17H22ClFN4O. The molecule has 2 heterocycles. The Morgan fingerprint density at radius 2 is 2.17 bits per heavy atom. The van der Waals surface area contributed by atoms with Crippen molar-refractivity contribution in [1.82, 2.24) is 19.8 Å². The SMILES string of the molecule is CN(C)Cc1cnc(C2CCN(C(=O)c3ccccc3F)C2)[nH]1.Cl. The summed E-state index contributed by atoms with van der Waals surface area (Å²) in [5, 5.41) is 0. The number of halogens is 2. The predicted octanol–water partition coefficient (Wildman–Crippen LogP) is 2.66. The van der Waals surface area contributed by atoms with Gasteiger partial charge in [-0.2, -0.15) is 0 Å². The van der Waals surface area contributed by atoms with Gasteiger partial charge in [-0.25, -0.2) is 9.37 Å². The summed E-state index contributed by atoms with van der Waals surface area (Å²) in [5.41, 5.74) is 1.20. The molecule has 24 heavy (non-hydrogen) atoms. The lowest BCUT2D eigenvalue weighted by molar-refractivity contribution is 0.0786. The standard InChI is InChI=1S/C17H21FN4O.ClH/c1-21(2)11-13-9-19-16(20-13)12-7-8-22(10-12)17(23)14-5-3-4-6-15(14)18;/h3-6,9,12H,7-8,10-11H2,1-2H3,(H,19,20);1H. The van der Waals surface area contributed by atoms with Crippen molar-refractivity contribution >= 4 is 18.3 Å². The largest absolute Gasteiger partial charge is 0.345 e. The number of benzene rings is 1. The van der Waals surface area contributed by atoms with Crippen molar-refractivity contribution in [1.29, 1.82) is 0 Å². The van der Waals surface area contributed by atoms with Crippen molar-refractivity contribution < 1.29 is 9.18 Å². The zero-order valence-electron chi connectivity index (χ0n) is 13.8. The smallest absolute Gasteiger partial charge is 0.256 e. The second kappa shape index (κ2) is 7.77. The van der Waals surface area contributed by atoms with E-state index in [0.717, 1.165) is 24.5 Å². The van der Waals surface area contributed by atoms with Gasteiger partial charge in [0.25, 0.3) is 5.91 Å². The van der Waals surface area contributed by atoms with Gasteiger partial charge in [0.2, 0.25) is 0 Å². The molecule has 0 spiro atoms. The van der Waals surface area contributed by atoms with Gasteiger partial charge in [0.15, 0.2) is 0 Å². The molecule has 1 aromatic carbocycles. The van der Waals surface area contributed by atoms with Gasteiger partial charge in [0.05, 0.1) is 5.56 Å². The van der Waals surface area contributed by atoms with Crippen LogP contribution in [0.4, 0.5) is 4.39 Å². The van der Waals surface area contributed by atoms with Crippen LogP contribution in [0.15, 0.2) is 30.5 Å². The second-order valence-corrected chi connectivity index (χ2v) is 6.25. The van der Waals surface area contributed by atoms with E-state index in [1.807, 2.05) is 20.3 Å². The van der Waals surface area contributed by atoms with Crippen LogP contribution in [0.2, 0.25) is 0 Å². The zero-order valence-corrected chi connectivity index (χ0v) is 14.6. The van der Waals surface area contributed by atoms with E-state index in [0.29, 0.717) is 13.1 Å². The number of aromatic amines is 1. The van der Waals surface area contributed by atoms with Crippen LogP contribution < -0.4 is 0 Å². The summed E-state index contributed by atoms with van der Waals surface area (Å²) in [6.45, 7) is 2.00. The molecule has 5 nitrogen and oxygen atoms in total. The van der Waals surface area contributed by atoms with E-state index in [2.05, 4.69) is 14.9 Å². The number of aromatic nitrogens is 2. The summed E-state index contributed by atoms with van der Waals surface area (Å²) in [5.74, 6) is 0.380. The van der Waals surface area contributed by atoms with Gasteiger partial charge < -0.3 is 14.8 Å². The minimum Gasteiger partial charge on any atom is -0.345 e. The van der Waals surface area contributed by atoms with Gasteiger partial charge in [0.1, 0.15) is 11.6 Å². The number of amides is 1. The fourth-order valence-electron chi connectivity index (χ4n) is 2.98. The fourth-order valence-corrected chi connectivity index (χ4v) is 2.98. The number of H-pyrrole nitrogens is 1. The van der Waals surface area contributed by atoms with Gasteiger partial charge in [-0.1, -0.05) is 12.1 Å². The summed E-state index contributed by atoms with van der Waals surface area (Å²) in [6, 6.07) is 6.13. The molecule has 1 saturated heterocycles. The third-order valence-corrected chi connectivity index (χ3v) is 4.10. The van der Waals surface area contributed by atoms with Crippen LogP contribution in [0, 0.1) is 5.82 Å². The van der Waals surface area contributed by atoms with E-state index in [4.69, 9.17) is 0 Å². The van der Waals surface area contributed by atoms with Crippen LogP contribution >= 0.6 is 12.4 Å². The first-order valence-corrected chi connectivity index (χ1v) is 7.77. The van der Waals surface area contributed by atoms with Gasteiger partial charge in [0, 0.05) is 37.4 Å². The zero-order chi connectivity index (χ0) is 16.4. The third kappa shape index (κ3) is 3.94. The van der Waals surface area contributed by atoms with Crippen molar-refractivity contribution in [2.24, 2.45) is 0 Å². The van der Waals surface area contributed by atoms with E-state index in [1.54, 1.807) is 17.0 Å². The summed E-state index contributed by atoms with van der Waals surface area (Å²) in [4.78, 5) is 24.0. The molecule has 130 valence electrons. The first-order valence-electron chi connectivity index (χ1n) is 7.77. The molecule has 1 aliphatic heterocycles. The van der Waals surface area contributed by atoms with Crippen LogP contribution in [-0.2, 0) is 6.54 Å². The Morgan fingerprint density at radius 3 is 2.88 bits per heavy atom. The molecule has 0 aliphatic carbocycles. The summed E-state index contributed by atoms with van der Waals surface area (Å²) >= 11 is 0. The molecule has 0 radical (unpaired) electrons. The Morgan fingerprint density at radius 1 is 1.42 bits per heavy atom. The number of carbonyl (C=O) groups excluding carboxylic acids is 1. The summed E-state index contributed by atoms with van der Waals surface area (Å²) in [7, 11) is 4.01. The molecule has 1 aromatic heterocycles. The van der Waals surface area contributed by atoms with Gasteiger partial charge in [-0.05, 0) is 32.6 Å². The monoisotopic (exact) mass is 352 g/mol. The van der Waals surface area contributed by atoms with Crippen molar-refractivity contribution in [3.05, 3.63) is 53.4 Å². The van der Waals surface area contributed by atoms with Gasteiger partial charge in [-0.3, -0.25) is 4.79 Å². The molecule has 2 aromatic rings. The maximum atomic E-state index is 13.8. The third-order valence-electron chi connectivity index (χ3n) is 4.10. The highest BCUT2D eigenvalue weighted by atomic mass is 35.5. The topological polar surface area (TPSA) is 52.2 Å². The van der Waals surface area contributed by atoms with Gasteiger partial charge >= 0.3 is 0 Å². The van der Waals surface area contributed by atoms with Crippen LogP contribution in [0.5, 0.6) is 0 Å². The van der Waals surface area contributed by atoms with Crippen molar-refractivity contribution in [3.63, 3.8) is 0 Å². The number of likely N-dealkylation sites (tertiary alicyclic amines) is 1. The normalized spacial score (nSPS) is 17.2. The average molecular weight is 353 g/mol. The number of nitrogens with one attached hydrogen (secondary N) is 1. The molecule has 1 amide bonds. The molecule has 0 bridgehead atoms. The van der Waals surface area contributed by atoms with Crippen LogP contribution in [0.1, 0.15) is 34.2 Å². The molecule has 1 fully saturated rings. The fraction of sp³-hybridized carbons (Fsp3) is 0.412. The van der Waals surface area contributed by atoms with E-state index >= 15 is 0 Å². The highest BCUT2D eigenvalue weighted by Crippen LogP contribution is 2.26. The number of nitrogens with zero attached hydrogens (tertiary/aromatic N) is 3. The molecule has 3 rings (SSSR count). The van der Waals surface area contributed by atoms with E-state index in [1.165, 1.54) is 12.1 Å². The summed E-state index contributed by atoms with van der Waals surface area (Å²) < 4.78 is 13.8. The number of carbonyl (C=O) groups is 1. The number of imidazole rings is 1. The molecule has 0 saturated carbocycles. The average Bonchev–Trinajstić information content (AvgIpc) is 3.15. The van der Waals surface area contributed by atoms with E-state index < -0.39 is 5.82 Å². The van der Waals surface area contributed by atoms with Crippen molar-refractivity contribution in [3.8, 4) is 0 Å². The number of rotatable bonds is 4. The molecule has 7 heteroatoms. The predicted molar refractivity (Wildman–Crippen MR) is 92.9 cm³/mol. The molecule has 1 N–H and O–H groups in total. The lowest BCUT2D eigenvalue weighted by atomic mass is 10.1. The Hall–Kier alpha value is -1.92. The first-order chi connectivity index (χ1) is 11.0. The van der Waals surface area contributed by atoms with Gasteiger partial charge in [-0.15, -0.1) is 12.4 Å². The summed E-state index contributed by atoms with van der Waals surface area (Å²) in [6.07, 6.45) is 2.69. The second-order valence-electron chi connectivity index (χ2n) is 6.25. The Kier molecular flexibility index (Phi) is 5.96. The quantitative estimate of drug-likeness (QED) is 0.920. The molecule has 1 unspecified atom stereocenters. The highest BCUT2D eigenvalue weighted by Gasteiger charge is 2.30. The highest BCUT2D eigenvalue weighted by molar-refractivity contribution is 5.94. The van der Waals surface area contributed by atoms with Crippen LogP contribution in [-0.4, -0.2) is 52.9 Å². The molecule has 1 aliphatic rings. The minimum absolute atomic E-state index is 0. The van der Waals surface area contributed by atoms with Crippen LogP contribution in [0.25, 0.3) is 0 Å².